The molecule has 3 aromatic rings. The van der Waals surface area contributed by atoms with Crippen LogP contribution >= 0.6 is 23.2 Å². The molecule has 0 N–H and O–H groups in total. The lowest BCUT2D eigenvalue weighted by Gasteiger charge is -2.28. The second kappa shape index (κ2) is 9.25. The fraction of sp³-hybridized carbons (Fsp3) is 0.333. The van der Waals surface area contributed by atoms with Crippen molar-refractivity contribution in [3.63, 3.8) is 0 Å². The standard InChI is InChI=1S/C27H30Cl2N2O/c1-5-30(6-2)21-13-11-19(26(16-21)32-4)17-31-18-27(3,22-9-7-8-10-24(22)29)23-15-20(28)12-14-25(23)31/h7-16H,5-6,17-18H2,1-4H3. The average molecular weight is 469 g/mol. The SMILES string of the molecule is CCN(CC)c1ccc(CN2CC(C)(c3ccccc3Cl)c3cc(Cl)ccc32)c(OC)c1. The van der Waals surface area contributed by atoms with Gasteiger partial charge in [0.15, 0.2) is 0 Å². The number of halogens is 2. The van der Waals surface area contributed by atoms with Gasteiger partial charge in [-0.2, -0.15) is 0 Å². The van der Waals surface area contributed by atoms with E-state index in [0.717, 1.165) is 53.1 Å². The lowest BCUT2D eigenvalue weighted by Crippen LogP contribution is -2.32. The molecule has 1 aliphatic heterocycles. The molecule has 0 saturated carbocycles. The quantitative estimate of drug-likeness (QED) is 0.365. The van der Waals surface area contributed by atoms with Crippen molar-refractivity contribution in [3.8, 4) is 5.75 Å². The highest BCUT2D eigenvalue weighted by molar-refractivity contribution is 6.31. The first-order valence-electron chi connectivity index (χ1n) is 11.1. The fourth-order valence-corrected chi connectivity index (χ4v) is 5.43. The number of rotatable bonds is 7. The monoisotopic (exact) mass is 468 g/mol. The lowest BCUT2D eigenvalue weighted by molar-refractivity contribution is 0.409. The average Bonchev–Trinajstić information content (AvgIpc) is 3.07. The number of methoxy groups -OCH3 is 1. The van der Waals surface area contributed by atoms with Crippen LogP contribution in [-0.2, 0) is 12.0 Å². The van der Waals surface area contributed by atoms with Gasteiger partial charge >= 0.3 is 0 Å². The van der Waals surface area contributed by atoms with Crippen LogP contribution in [0.15, 0.2) is 60.7 Å². The van der Waals surface area contributed by atoms with E-state index in [-0.39, 0.29) is 5.41 Å². The maximum absolute atomic E-state index is 6.65. The molecule has 1 aliphatic rings. The first-order valence-corrected chi connectivity index (χ1v) is 11.9. The number of ether oxygens (including phenoxy) is 1. The molecule has 1 atom stereocenters. The summed E-state index contributed by atoms with van der Waals surface area (Å²) in [5.74, 6) is 0.913. The Kier molecular flexibility index (Phi) is 6.60. The van der Waals surface area contributed by atoms with Crippen LogP contribution < -0.4 is 14.5 Å². The minimum atomic E-state index is -0.257. The van der Waals surface area contributed by atoms with E-state index >= 15 is 0 Å². The third-order valence-corrected chi connectivity index (χ3v) is 7.19. The smallest absolute Gasteiger partial charge is 0.125 e. The molecule has 0 aliphatic carbocycles. The summed E-state index contributed by atoms with van der Waals surface area (Å²) >= 11 is 13.1. The van der Waals surface area contributed by atoms with Crippen LogP contribution in [-0.4, -0.2) is 26.7 Å². The molecule has 5 heteroatoms. The summed E-state index contributed by atoms with van der Waals surface area (Å²) in [5.41, 5.74) is 5.60. The molecule has 0 radical (unpaired) electrons. The molecule has 0 aromatic heterocycles. The molecule has 32 heavy (non-hydrogen) atoms. The van der Waals surface area contributed by atoms with Gasteiger partial charge in [-0.05, 0) is 62.2 Å². The molecular formula is C27H30Cl2N2O. The zero-order valence-electron chi connectivity index (χ0n) is 19.2. The van der Waals surface area contributed by atoms with Crippen molar-refractivity contribution in [1.29, 1.82) is 0 Å². The molecule has 3 aromatic carbocycles. The summed E-state index contributed by atoms with van der Waals surface area (Å²) in [5, 5.41) is 1.52. The zero-order chi connectivity index (χ0) is 22.9. The number of hydrogen-bond donors (Lipinski definition) is 0. The molecule has 3 nitrogen and oxygen atoms in total. The Morgan fingerprint density at radius 3 is 2.41 bits per heavy atom. The molecule has 0 bridgehead atoms. The molecule has 168 valence electrons. The second-order valence-corrected chi connectivity index (χ2v) is 9.34. The number of hydrogen-bond acceptors (Lipinski definition) is 3. The van der Waals surface area contributed by atoms with Gasteiger partial charge in [0.25, 0.3) is 0 Å². The van der Waals surface area contributed by atoms with Crippen LogP contribution in [0.1, 0.15) is 37.5 Å². The molecule has 1 heterocycles. The molecular weight excluding hydrogens is 439 g/mol. The van der Waals surface area contributed by atoms with Crippen LogP contribution in [0.2, 0.25) is 10.0 Å². The minimum Gasteiger partial charge on any atom is -0.496 e. The summed E-state index contributed by atoms with van der Waals surface area (Å²) in [6.45, 7) is 10.1. The van der Waals surface area contributed by atoms with Crippen molar-refractivity contribution in [1.82, 2.24) is 0 Å². The number of anilines is 2. The Bertz CT molecular complexity index is 1110. The van der Waals surface area contributed by atoms with E-state index in [2.05, 4.69) is 67.0 Å². The van der Waals surface area contributed by atoms with Gasteiger partial charge < -0.3 is 14.5 Å². The third kappa shape index (κ3) is 4.04. The Hall–Kier alpha value is -2.36. The highest BCUT2D eigenvalue weighted by atomic mass is 35.5. The van der Waals surface area contributed by atoms with Crippen LogP contribution in [0, 0.1) is 0 Å². The normalized spacial score (nSPS) is 17.4. The molecule has 0 saturated heterocycles. The van der Waals surface area contributed by atoms with E-state index in [1.807, 2.05) is 24.3 Å². The predicted molar refractivity (Wildman–Crippen MR) is 137 cm³/mol. The highest BCUT2D eigenvalue weighted by Gasteiger charge is 2.41. The van der Waals surface area contributed by atoms with E-state index in [0.29, 0.717) is 0 Å². The first-order chi connectivity index (χ1) is 15.4. The van der Waals surface area contributed by atoms with Crippen LogP contribution in [0.5, 0.6) is 5.75 Å². The molecule has 0 spiro atoms. The van der Waals surface area contributed by atoms with Crippen molar-refractivity contribution < 1.29 is 4.74 Å². The van der Waals surface area contributed by atoms with Gasteiger partial charge in [0, 0.05) is 64.6 Å². The van der Waals surface area contributed by atoms with Crippen LogP contribution in [0.25, 0.3) is 0 Å². The summed E-state index contributed by atoms with van der Waals surface area (Å²) in [6, 6.07) is 20.8. The number of nitrogens with zero attached hydrogens (tertiary/aromatic N) is 2. The Morgan fingerprint density at radius 1 is 0.969 bits per heavy atom. The van der Waals surface area contributed by atoms with E-state index < -0.39 is 0 Å². The zero-order valence-corrected chi connectivity index (χ0v) is 20.7. The Labute approximate surface area is 201 Å². The molecule has 1 unspecified atom stereocenters. The van der Waals surface area contributed by atoms with Crippen LogP contribution in [0.4, 0.5) is 11.4 Å². The number of fused-ring (bicyclic) bond motifs is 1. The summed E-state index contributed by atoms with van der Waals surface area (Å²) in [6.07, 6.45) is 0. The minimum absolute atomic E-state index is 0.257. The predicted octanol–water partition coefficient (Wildman–Crippen LogP) is 7.17. The fourth-order valence-electron chi connectivity index (χ4n) is 4.91. The van der Waals surface area contributed by atoms with Gasteiger partial charge in [0.2, 0.25) is 0 Å². The van der Waals surface area contributed by atoms with E-state index in [4.69, 9.17) is 27.9 Å². The van der Waals surface area contributed by atoms with Gasteiger partial charge in [0.1, 0.15) is 5.75 Å². The topological polar surface area (TPSA) is 15.7 Å². The van der Waals surface area contributed by atoms with E-state index in [1.165, 1.54) is 16.9 Å². The first kappa shape index (κ1) is 22.8. The van der Waals surface area contributed by atoms with Crippen LogP contribution in [0.3, 0.4) is 0 Å². The summed E-state index contributed by atoms with van der Waals surface area (Å²) < 4.78 is 5.80. The van der Waals surface area contributed by atoms with Gasteiger partial charge in [-0.15, -0.1) is 0 Å². The summed E-state index contributed by atoms with van der Waals surface area (Å²) in [7, 11) is 1.75. The van der Waals surface area contributed by atoms with Crippen molar-refractivity contribution in [3.05, 3.63) is 87.4 Å². The maximum atomic E-state index is 6.65. The van der Waals surface area contributed by atoms with Crippen molar-refractivity contribution in [2.75, 3.05) is 36.5 Å². The molecule has 0 fully saturated rings. The van der Waals surface area contributed by atoms with E-state index in [9.17, 15) is 0 Å². The largest absolute Gasteiger partial charge is 0.496 e. The highest BCUT2D eigenvalue weighted by Crippen LogP contribution is 2.48. The Morgan fingerprint density at radius 2 is 1.72 bits per heavy atom. The van der Waals surface area contributed by atoms with E-state index in [1.54, 1.807) is 7.11 Å². The van der Waals surface area contributed by atoms with Gasteiger partial charge in [0.05, 0.1) is 7.11 Å². The summed E-state index contributed by atoms with van der Waals surface area (Å²) in [4.78, 5) is 4.73. The molecule has 4 rings (SSSR count). The lowest BCUT2D eigenvalue weighted by atomic mass is 9.78. The molecule has 0 amide bonds. The van der Waals surface area contributed by atoms with Gasteiger partial charge in [-0.3, -0.25) is 0 Å². The van der Waals surface area contributed by atoms with Gasteiger partial charge in [-0.25, -0.2) is 0 Å². The van der Waals surface area contributed by atoms with Crippen molar-refractivity contribution in [2.45, 2.75) is 32.7 Å². The Balaban J connectivity index is 1.73. The second-order valence-electron chi connectivity index (χ2n) is 8.50. The maximum Gasteiger partial charge on any atom is 0.125 e. The third-order valence-electron chi connectivity index (χ3n) is 6.63. The van der Waals surface area contributed by atoms with Crippen molar-refractivity contribution >= 4 is 34.6 Å². The van der Waals surface area contributed by atoms with Gasteiger partial charge in [-0.1, -0.05) is 47.5 Å². The number of benzene rings is 3. The van der Waals surface area contributed by atoms with Crippen molar-refractivity contribution in [2.24, 2.45) is 0 Å².